The highest BCUT2D eigenvalue weighted by molar-refractivity contribution is 5.34. The summed E-state index contributed by atoms with van der Waals surface area (Å²) in [6.07, 6.45) is 0.516. The van der Waals surface area contributed by atoms with E-state index in [9.17, 15) is 5.11 Å². The van der Waals surface area contributed by atoms with Gasteiger partial charge in [-0.05, 0) is 23.0 Å². The maximum Gasteiger partial charge on any atom is 0.0740 e. The largest absolute Gasteiger partial charge is 0.391 e. The minimum atomic E-state index is -0.302. The Morgan fingerprint density at radius 2 is 2.06 bits per heavy atom. The predicted molar refractivity (Wildman–Crippen MR) is 66.1 cm³/mol. The SMILES string of the molecule is CC(C)(C)CC(O)C1NCc2ccccc21. The van der Waals surface area contributed by atoms with Gasteiger partial charge in [0, 0.05) is 6.54 Å². The van der Waals surface area contributed by atoms with Crippen LogP contribution in [0.1, 0.15) is 44.4 Å². The second-order valence-corrected chi connectivity index (χ2v) is 5.89. The molecule has 1 aliphatic rings. The van der Waals surface area contributed by atoms with E-state index in [1.807, 2.05) is 6.07 Å². The highest BCUT2D eigenvalue weighted by Gasteiger charge is 2.30. The Morgan fingerprint density at radius 1 is 1.38 bits per heavy atom. The summed E-state index contributed by atoms with van der Waals surface area (Å²) < 4.78 is 0. The number of nitrogens with one attached hydrogen (secondary N) is 1. The number of aliphatic hydroxyl groups excluding tert-OH is 1. The summed E-state index contributed by atoms with van der Waals surface area (Å²) in [6.45, 7) is 7.37. The molecule has 16 heavy (non-hydrogen) atoms. The molecule has 1 aromatic rings. The fraction of sp³-hybridized carbons (Fsp3) is 0.571. The molecule has 0 amide bonds. The van der Waals surface area contributed by atoms with E-state index in [-0.39, 0.29) is 17.6 Å². The molecule has 0 fully saturated rings. The predicted octanol–water partition coefficient (Wildman–Crippen LogP) is 2.63. The molecule has 2 N–H and O–H groups in total. The van der Waals surface area contributed by atoms with Crippen LogP contribution < -0.4 is 5.32 Å². The third kappa shape index (κ3) is 2.45. The quantitative estimate of drug-likeness (QED) is 0.801. The van der Waals surface area contributed by atoms with Gasteiger partial charge in [-0.3, -0.25) is 0 Å². The van der Waals surface area contributed by atoms with E-state index in [0.29, 0.717) is 0 Å². The van der Waals surface area contributed by atoms with Crippen LogP contribution in [0, 0.1) is 5.41 Å². The molecule has 0 radical (unpaired) electrons. The van der Waals surface area contributed by atoms with E-state index < -0.39 is 0 Å². The molecule has 0 aromatic heterocycles. The Labute approximate surface area is 97.7 Å². The molecule has 0 saturated heterocycles. The highest BCUT2D eigenvalue weighted by Crippen LogP contribution is 2.32. The van der Waals surface area contributed by atoms with E-state index in [4.69, 9.17) is 0 Å². The van der Waals surface area contributed by atoms with Crippen molar-refractivity contribution in [1.29, 1.82) is 0 Å². The second kappa shape index (κ2) is 4.19. The number of hydrogen-bond acceptors (Lipinski definition) is 2. The molecule has 0 bridgehead atoms. The smallest absolute Gasteiger partial charge is 0.0740 e. The molecule has 2 rings (SSSR count). The molecule has 0 saturated carbocycles. The number of rotatable bonds is 2. The van der Waals surface area contributed by atoms with Crippen LogP contribution in [-0.2, 0) is 6.54 Å². The van der Waals surface area contributed by atoms with Gasteiger partial charge in [0.1, 0.15) is 0 Å². The lowest BCUT2D eigenvalue weighted by atomic mass is 9.85. The highest BCUT2D eigenvalue weighted by atomic mass is 16.3. The van der Waals surface area contributed by atoms with Crippen LogP contribution in [0.15, 0.2) is 24.3 Å². The maximum atomic E-state index is 10.3. The van der Waals surface area contributed by atoms with Gasteiger partial charge in [-0.2, -0.15) is 0 Å². The summed E-state index contributed by atoms with van der Waals surface area (Å²) >= 11 is 0. The van der Waals surface area contributed by atoms with Gasteiger partial charge >= 0.3 is 0 Å². The van der Waals surface area contributed by atoms with Crippen molar-refractivity contribution in [2.45, 2.75) is 45.9 Å². The molecule has 0 aliphatic carbocycles. The maximum absolute atomic E-state index is 10.3. The van der Waals surface area contributed by atoms with Crippen molar-refractivity contribution in [2.24, 2.45) is 5.41 Å². The van der Waals surface area contributed by atoms with E-state index in [2.05, 4.69) is 44.3 Å². The standard InChI is InChI=1S/C14H21NO/c1-14(2,3)8-12(16)13-11-7-5-4-6-10(11)9-15-13/h4-7,12-13,15-16H,8-9H2,1-3H3. The Hall–Kier alpha value is -0.860. The lowest BCUT2D eigenvalue weighted by molar-refractivity contribution is 0.0867. The molecular weight excluding hydrogens is 198 g/mol. The molecule has 2 unspecified atom stereocenters. The number of hydrogen-bond donors (Lipinski definition) is 2. The van der Waals surface area contributed by atoms with Gasteiger partial charge < -0.3 is 10.4 Å². The summed E-state index contributed by atoms with van der Waals surface area (Å²) in [7, 11) is 0. The van der Waals surface area contributed by atoms with Crippen LogP contribution in [0.2, 0.25) is 0 Å². The summed E-state index contributed by atoms with van der Waals surface area (Å²) in [5, 5.41) is 13.7. The summed E-state index contributed by atoms with van der Waals surface area (Å²) in [4.78, 5) is 0. The molecular formula is C14H21NO. The van der Waals surface area contributed by atoms with Crippen molar-refractivity contribution in [3.05, 3.63) is 35.4 Å². The average molecular weight is 219 g/mol. The van der Waals surface area contributed by atoms with Crippen molar-refractivity contribution in [3.63, 3.8) is 0 Å². The van der Waals surface area contributed by atoms with Gasteiger partial charge in [0.2, 0.25) is 0 Å². The third-order valence-corrected chi connectivity index (χ3v) is 3.11. The van der Waals surface area contributed by atoms with Gasteiger partial charge in [0.25, 0.3) is 0 Å². The molecule has 1 aromatic carbocycles. The topological polar surface area (TPSA) is 32.3 Å². The Bertz CT molecular complexity index is 367. The van der Waals surface area contributed by atoms with Gasteiger partial charge in [-0.25, -0.2) is 0 Å². The first kappa shape index (κ1) is 11.6. The average Bonchev–Trinajstić information content (AvgIpc) is 2.58. The van der Waals surface area contributed by atoms with E-state index in [1.54, 1.807) is 0 Å². The van der Waals surface area contributed by atoms with Crippen LogP contribution in [0.3, 0.4) is 0 Å². The van der Waals surface area contributed by atoms with Crippen LogP contribution in [0.25, 0.3) is 0 Å². The number of fused-ring (bicyclic) bond motifs is 1. The first-order valence-corrected chi connectivity index (χ1v) is 5.97. The monoisotopic (exact) mass is 219 g/mol. The van der Waals surface area contributed by atoms with E-state index >= 15 is 0 Å². The van der Waals surface area contributed by atoms with Crippen molar-refractivity contribution >= 4 is 0 Å². The lowest BCUT2D eigenvalue weighted by Crippen LogP contribution is -2.30. The summed E-state index contributed by atoms with van der Waals surface area (Å²) in [6, 6.07) is 8.45. The zero-order chi connectivity index (χ0) is 11.8. The summed E-state index contributed by atoms with van der Waals surface area (Å²) in [5.74, 6) is 0. The van der Waals surface area contributed by atoms with Crippen molar-refractivity contribution < 1.29 is 5.11 Å². The molecule has 1 heterocycles. The normalized spacial score (nSPS) is 21.9. The fourth-order valence-electron chi connectivity index (χ4n) is 2.42. The molecule has 2 heteroatoms. The molecule has 2 nitrogen and oxygen atoms in total. The fourth-order valence-corrected chi connectivity index (χ4v) is 2.42. The molecule has 1 aliphatic heterocycles. The van der Waals surface area contributed by atoms with Crippen molar-refractivity contribution in [2.75, 3.05) is 0 Å². The Balaban J connectivity index is 2.13. The lowest BCUT2D eigenvalue weighted by Gasteiger charge is -2.27. The number of aliphatic hydroxyl groups is 1. The van der Waals surface area contributed by atoms with Gasteiger partial charge in [0.05, 0.1) is 12.1 Å². The summed E-state index contributed by atoms with van der Waals surface area (Å²) in [5.41, 5.74) is 2.75. The van der Waals surface area contributed by atoms with Crippen LogP contribution in [-0.4, -0.2) is 11.2 Å². The Kier molecular flexibility index (Phi) is 3.04. The zero-order valence-electron chi connectivity index (χ0n) is 10.3. The van der Waals surface area contributed by atoms with E-state index in [1.165, 1.54) is 11.1 Å². The van der Waals surface area contributed by atoms with Gasteiger partial charge in [-0.1, -0.05) is 45.0 Å². The van der Waals surface area contributed by atoms with Crippen LogP contribution in [0.5, 0.6) is 0 Å². The van der Waals surface area contributed by atoms with Gasteiger partial charge in [-0.15, -0.1) is 0 Å². The zero-order valence-corrected chi connectivity index (χ0v) is 10.3. The minimum Gasteiger partial charge on any atom is -0.391 e. The van der Waals surface area contributed by atoms with Crippen LogP contribution >= 0.6 is 0 Å². The molecule has 2 atom stereocenters. The molecule has 88 valence electrons. The first-order chi connectivity index (χ1) is 7.47. The number of benzene rings is 1. The van der Waals surface area contributed by atoms with Gasteiger partial charge in [0.15, 0.2) is 0 Å². The minimum absolute atomic E-state index is 0.107. The van der Waals surface area contributed by atoms with E-state index in [0.717, 1.165) is 13.0 Å². The first-order valence-electron chi connectivity index (χ1n) is 5.97. The second-order valence-electron chi connectivity index (χ2n) is 5.89. The molecule has 0 spiro atoms. The third-order valence-electron chi connectivity index (χ3n) is 3.11. The Morgan fingerprint density at radius 3 is 2.75 bits per heavy atom. The van der Waals surface area contributed by atoms with Crippen molar-refractivity contribution in [1.82, 2.24) is 5.32 Å². The van der Waals surface area contributed by atoms with Crippen molar-refractivity contribution in [3.8, 4) is 0 Å². The van der Waals surface area contributed by atoms with Crippen LogP contribution in [0.4, 0.5) is 0 Å².